The second kappa shape index (κ2) is 11.8. The number of nitrogens with one attached hydrogen (secondary N) is 2. The lowest BCUT2D eigenvalue weighted by Crippen LogP contribution is -2.37. The molecule has 0 aliphatic heterocycles. The summed E-state index contributed by atoms with van der Waals surface area (Å²) in [6.45, 7) is 0.669. The molecule has 1 aliphatic carbocycles. The van der Waals surface area contributed by atoms with Crippen LogP contribution in [0, 0.1) is 0 Å². The van der Waals surface area contributed by atoms with Crippen molar-refractivity contribution >= 4 is 34.5 Å². The molecule has 1 heterocycles. The predicted molar refractivity (Wildman–Crippen MR) is 135 cm³/mol. The minimum absolute atomic E-state index is 0.0523. The zero-order valence-electron chi connectivity index (χ0n) is 19.2. The van der Waals surface area contributed by atoms with Crippen molar-refractivity contribution in [2.45, 2.75) is 62.8 Å². The van der Waals surface area contributed by atoms with E-state index in [0.29, 0.717) is 22.6 Å². The van der Waals surface area contributed by atoms with Crippen LogP contribution in [0.2, 0.25) is 0 Å². The van der Waals surface area contributed by atoms with Gasteiger partial charge in [-0.15, -0.1) is 0 Å². The second-order valence-electron chi connectivity index (χ2n) is 8.57. The Morgan fingerprint density at radius 1 is 0.971 bits per heavy atom. The third kappa shape index (κ3) is 6.47. The minimum Gasteiger partial charge on any atom is -0.353 e. The Bertz CT molecular complexity index is 1190. The summed E-state index contributed by atoms with van der Waals surface area (Å²) in [6, 6.07) is 17.1. The Morgan fingerprint density at radius 3 is 2.50 bits per heavy atom. The van der Waals surface area contributed by atoms with Crippen molar-refractivity contribution in [1.82, 2.24) is 20.2 Å². The highest BCUT2D eigenvalue weighted by Gasteiger charge is 2.18. The molecule has 2 aromatic carbocycles. The summed E-state index contributed by atoms with van der Waals surface area (Å²) in [5, 5.41) is 6.95. The molecule has 0 bridgehead atoms. The van der Waals surface area contributed by atoms with Gasteiger partial charge in [-0.1, -0.05) is 73.5 Å². The summed E-state index contributed by atoms with van der Waals surface area (Å²) < 4.78 is 1.53. The number of para-hydroxylation sites is 1. The Morgan fingerprint density at radius 2 is 1.71 bits per heavy atom. The molecule has 0 saturated heterocycles. The normalized spacial score (nSPS) is 14.1. The van der Waals surface area contributed by atoms with Crippen LogP contribution in [-0.2, 0) is 22.7 Å². The maximum absolute atomic E-state index is 13.2. The average Bonchev–Trinajstić information content (AvgIpc) is 2.87. The van der Waals surface area contributed by atoms with E-state index in [1.807, 2.05) is 36.4 Å². The summed E-state index contributed by atoms with van der Waals surface area (Å²) in [6.07, 6.45) is 5.75. The van der Waals surface area contributed by atoms with Gasteiger partial charge in [0.15, 0.2) is 5.16 Å². The number of carbonyl (C=O) groups is 2. The third-order valence-corrected chi connectivity index (χ3v) is 7.00. The molecule has 7 nitrogen and oxygen atoms in total. The van der Waals surface area contributed by atoms with Gasteiger partial charge in [0.1, 0.15) is 0 Å². The third-order valence-electron chi connectivity index (χ3n) is 6.02. The van der Waals surface area contributed by atoms with Crippen LogP contribution in [0.25, 0.3) is 10.9 Å². The van der Waals surface area contributed by atoms with Crippen LogP contribution >= 0.6 is 11.8 Å². The van der Waals surface area contributed by atoms with Gasteiger partial charge < -0.3 is 10.6 Å². The molecule has 1 aromatic heterocycles. The summed E-state index contributed by atoms with van der Waals surface area (Å²) >= 11 is 1.21. The van der Waals surface area contributed by atoms with Gasteiger partial charge in [-0.05, 0) is 30.5 Å². The van der Waals surface area contributed by atoms with E-state index in [-0.39, 0.29) is 42.1 Å². The number of thioether (sulfide) groups is 1. The Balaban J connectivity index is 1.43. The monoisotopic (exact) mass is 478 g/mol. The van der Waals surface area contributed by atoms with Crippen LogP contribution in [0.1, 0.15) is 44.1 Å². The molecule has 2 N–H and O–H groups in total. The van der Waals surface area contributed by atoms with Crippen LogP contribution in [0.5, 0.6) is 0 Å². The largest absolute Gasteiger partial charge is 0.353 e. The van der Waals surface area contributed by atoms with Crippen molar-refractivity contribution in [2.24, 2.45) is 0 Å². The van der Waals surface area contributed by atoms with Gasteiger partial charge >= 0.3 is 0 Å². The quantitative estimate of drug-likeness (QED) is 0.362. The smallest absolute Gasteiger partial charge is 0.262 e. The highest BCUT2D eigenvalue weighted by molar-refractivity contribution is 7.99. The maximum Gasteiger partial charge on any atom is 0.262 e. The van der Waals surface area contributed by atoms with E-state index >= 15 is 0 Å². The van der Waals surface area contributed by atoms with E-state index in [2.05, 4.69) is 15.6 Å². The van der Waals surface area contributed by atoms with Crippen molar-refractivity contribution in [3.05, 3.63) is 70.5 Å². The van der Waals surface area contributed by atoms with E-state index in [9.17, 15) is 14.4 Å². The first kappa shape index (κ1) is 24.0. The van der Waals surface area contributed by atoms with Crippen LogP contribution < -0.4 is 16.2 Å². The van der Waals surface area contributed by atoms with E-state index in [1.165, 1.54) is 22.7 Å². The average molecular weight is 479 g/mol. The number of amides is 2. The lowest BCUT2D eigenvalue weighted by Gasteiger charge is -2.23. The molecule has 8 heteroatoms. The number of benzene rings is 2. The van der Waals surface area contributed by atoms with E-state index in [1.54, 1.807) is 18.2 Å². The molecule has 1 fully saturated rings. The van der Waals surface area contributed by atoms with E-state index < -0.39 is 0 Å². The molecule has 178 valence electrons. The molecular weight excluding hydrogens is 448 g/mol. The van der Waals surface area contributed by atoms with Crippen molar-refractivity contribution < 1.29 is 9.59 Å². The second-order valence-corrected chi connectivity index (χ2v) is 9.51. The fourth-order valence-corrected chi connectivity index (χ4v) is 5.05. The Labute approximate surface area is 203 Å². The summed E-state index contributed by atoms with van der Waals surface area (Å²) in [5.41, 5.74) is 1.41. The first-order valence-corrected chi connectivity index (χ1v) is 12.8. The molecular formula is C26H30N4O3S. The van der Waals surface area contributed by atoms with Crippen LogP contribution in [0.15, 0.2) is 64.5 Å². The maximum atomic E-state index is 13.2. The molecule has 0 atom stereocenters. The first-order valence-electron chi connectivity index (χ1n) is 11.8. The van der Waals surface area contributed by atoms with Gasteiger partial charge in [-0.2, -0.15) is 0 Å². The molecule has 4 rings (SSSR count). The number of aromatic nitrogens is 2. The Hall–Kier alpha value is -3.13. The van der Waals surface area contributed by atoms with Crippen molar-refractivity contribution in [3.63, 3.8) is 0 Å². The number of hydrogen-bond acceptors (Lipinski definition) is 5. The summed E-state index contributed by atoms with van der Waals surface area (Å²) in [5.74, 6) is -0.0623. The van der Waals surface area contributed by atoms with Crippen LogP contribution in [-0.4, -0.2) is 33.2 Å². The predicted octanol–water partition coefficient (Wildman–Crippen LogP) is 3.64. The summed E-state index contributed by atoms with van der Waals surface area (Å²) in [4.78, 5) is 42.8. The van der Waals surface area contributed by atoms with Crippen molar-refractivity contribution in [3.8, 4) is 0 Å². The number of rotatable bonds is 9. The summed E-state index contributed by atoms with van der Waals surface area (Å²) in [7, 11) is 0. The van der Waals surface area contributed by atoms with Gasteiger partial charge in [-0.3, -0.25) is 19.0 Å². The highest BCUT2D eigenvalue weighted by atomic mass is 32.2. The first-order chi connectivity index (χ1) is 16.6. The van der Waals surface area contributed by atoms with Crippen LogP contribution in [0.4, 0.5) is 0 Å². The number of nitrogens with zero attached hydrogens (tertiary/aromatic N) is 2. The lowest BCUT2D eigenvalue weighted by atomic mass is 9.95. The fourth-order valence-electron chi connectivity index (χ4n) is 4.19. The van der Waals surface area contributed by atoms with Crippen molar-refractivity contribution in [1.29, 1.82) is 0 Å². The molecule has 2 amide bonds. The number of fused-ring (bicyclic) bond motifs is 1. The molecule has 3 aromatic rings. The van der Waals surface area contributed by atoms with Gasteiger partial charge in [0.25, 0.3) is 5.56 Å². The van der Waals surface area contributed by atoms with Gasteiger partial charge in [-0.25, -0.2) is 4.98 Å². The molecule has 1 saturated carbocycles. The zero-order valence-corrected chi connectivity index (χ0v) is 20.0. The molecule has 34 heavy (non-hydrogen) atoms. The van der Waals surface area contributed by atoms with E-state index in [0.717, 1.165) is 31.2 Å². The number of hydrogen-bond donors (Lipinski definition) is 2. The van der Waals surface area contributed by atoms with E-state index in [4.69, 9.17) is 0 Å². The van der Waals surface area contributed by atoms with Crippen molar-refractivity contribution in [2.75, 3.05) is 5.75 Å². The van der Waals surface area contributed by atoms with Gasteiger partial charge in [0.05, 0.1) is 16.7 Å². The van der Waals surface area contributed by atoms with Gasteiger partial charge in [0, 0.05) is 25.6 Å². The fraction of sp³-hybridized carbons (Fsp3) is 0.385. The minimum atomic E-state index is -0.191. The highest BCUT2D eigenvalue weighted by Crippen LogP contribution is 2.19. The molecule has 0 spiro atoms. The Kier molecular flexibility index (Phi) is 8.36. The van der Waals surface area contributed by atoms with Gasteiger partial charge in [0.2, 0.25) is 11.8 Å². The molecule has 0 radical (unpaired) electrons. The zero-order chi connectivity index (χ0) is 23.8. The lowest BCUT2D eigenvalue weighted by molar-refractivity contribution is -0.122. The standard InChI is InChI=1S/C26H30N4O3S/c31-23(28-20-11-5-2-6-12-20)15-16-30-25(33)21-13-7-8-14-22(21)29-26(30)34-18-24(32)27-17-19-9-3-1-4-10-19/h1,3-4,7-10,13-14,20H,2,5-6,11-12,15-18H2,(H,27,32)(H,28,31). The molecule has 0 unspecified atom stereocenters. The molecule has 1 aliphatic rings. The SMILES string of the molecule is O=C(CSc1nc2ccccc2c(=O)n1CCC(=O)NC1CCCCC1)NCc1ccccc1. The number of carbonyl (C=O) groups excluding carboxylic acids is 2. The topological polar surface area (TPSA) is 93.1 Å². The van der Waals surface area contributed by atoms with Crippen LogP contribution in [0.3, 0.4) is 0 Å².